The second-order valence-corrected chi connectivity index (χ2v) is 6.90. The van der Waals surface area contributed by atoms with E-state index in [2.05, 4.69) is 35.1 Å². The molecule has 0 amide bonds. The third-order valence-corrected chi connectivity index (χ3v) is 6.07. The highest BCUT2D eigenvalue weighted by Gasteiger charge is 2.59. The van der Waals surface area contributed by atoms with Crippen molar-refractivity contribution in [2.45, 2.75) is 43.6 Å². The van der Waals surface area contributed by atoms with E-state index in [1.165, 1.54) is 30.4 Å². The van der Waals surface area contributed by atoms with Crippen LogP contribution in [0.2, 0.25) is 0 Å². The Morgan fingerprint density at radius 2 is 2.17 bits per heavy atom. The van der Waals surface area contributed by atoms with E-state index in [0.29, 0.717) is 12.0 Å². The number of halogens is 1. The lowest BCUT2D eigenvalue weighted by Crippen LogP contribution is -3.00. The van der Waals surface area contributed by atoms with Crippen LogP contribution >= 0.6 is 0 Å². The minimum absolute atomic E-state index is 0. The summed E-state index contributed by atoms with van der Waals surface area (Å²) in [6.07, 6.45) is 7.86. The maximum absolute atomic E-state index is 9.71. The van der Waals surface area contributed by atoms with Crippen molar-refractivity contribution < 1.29 is 26.9 Å². The molecule has 4 rings (SSSR count). The van der Waals surface area contributed by atoms with Gasteiger partial charge in [0.2, 0.25) is 0 Å². The first-order valence-corrected chi connectivity index (χ1v) is 8.17. The van der Waals surface area contributed by atoms with Gasteiger partial charge in [-0.3, -0.25) is 0 Å². The molecule has 23 heavy (non-hydrogen) atoms. The highest BCUT2D eigenvalue weighted by atomic mass is 35.5. The molecular formula is C18H23ClN2O2. The Hall–Kier alpha value is -1.55. The molecule has 1 aromatic carbocycles. The van der Waals surface area contributed by atoms with Crippen molar-refractivity contribution in [1.29, 1.82) is 0 Å². The van der Waals surface area contributed by atoms with Crippen molar-refractivity contribution in [3.63, 3.8) is 0 Å². The molecule has 1 fully saturated rings. The summed E-state index contributed by atoms with van der Waals surface area (Å²) in [5.41, 5.74) is 3.40. The standard InChI is InChI=1S/C18H22N2O2.ClH/c1-20-11-17(19-21)18-8-4-3-5-14(18)16(20)9-12-6-7-13(22-2)10-15(12)18;/h6-7,10-11,14,16H,3-5,8-9H2,1-2H3;1H/t14-,16+,18+;/m0./s1. The average Bonchev–Trinajstić information content (AvgIpc) is 2.57. The zero-order chi connectivity index (χ0) is 15.3. The monoisotopic (exact) mass is 334 g/mol. The molecule has 1 aromatic rings. The zero-order valence-electron chi connectivity index (χ0n) is 13.6. The number of likely N-dealkylation sites (N-methyl/N-ethyl adjacent to an activating group) is 1. The predicted molar refractivity (Wildman–Crippen MR) is 85.6 cm³/mol. The van der Waals surface area contributed by atoms with Gasteiger partial charge >= 0.3 is 0 Å². The molecule has 1 aliphatic heterocycles. The average molecular weight is 335 g/mol. The quantitative estimate of drug-likeness (QED) is 0.432. The fourth-order valence-electron chi connectivity index (χ4n) is 5.10. The van der Waals surface area contributed by atoms with E-state index in [4.69, 9.17) is 4.74 Å². The molecule has 0 aromatic heterocycles. The molecule has 0 saturated heterocycles. The maximum Gasteiger partial charge on any atom is 0.189 e. The lowest BCUT2D eigenvalue weighted by atomic mass is 9.52. The first kappa shape index (κ1) is 16.3. The van der Waals surface area contributed by atoms with E-state index in [-0.39, 0.29) is 17.8 Å². The molecule has 0 spiro atoms. The third kappa shape index (κ3) is 2.11. The molecule has 1 saturated carbocycles. The van der Waals surface area contributed by atoms with Gasteiger partial charge in [-0.05, 0) is 36.1 Å². The fourth-order valence-corrected chi connectivity index (χ4v) is 5.10. The van der Waals surface area contributed by atoms with Crippen LogP contribution in [0.15, 0.2) is 23.4 Å². The number of rotatable bonds is 1. The van der Waals surface area contributed by atoms with Crippen LogP contribution in [-0.2, 0) is 11.8 Å². The van der Waals surface area contributed by atoms with E-state index < -0.39 is 0 Å². The second-order valence-electron chi connectivity index (χ2n) is 6.90. The minimum Gasteiger partial charge on any atom is -1.00 e. The van der Waals surface area contributed by atoms with Gasteiger partial charge in [-0.25, -0.2) is 4.58 Å². The van der Waals surface area contributed by atoms with Crippen LogP contribution in [-0.4, -0.2) is 41.9 Å². The molecule has 1 heterocycles. The highest BCUT2D eigenvalue weighted by Crippen LogP contribution is 2.53. The van der Waals surface area contributed by atoms with Crippen molar-refractivity contribution in [2.24, 2.45) is 11.1 Å². The predicted octanol–water partition coefficient (Wildman–Crippen LogP) is -0.391. The van der Waals surface area contributed by atoms with E-state index in [9.17, 15) is 5.21 Å². The van der Waals surface area contributed by atoms with Gasteiger partial charge in [-0.15, -0.1) is 0 Å². The van der Waals surface area contributed by atoms with Crippen LogP contribution in [0.1, 0.15) is 36.8 Å². The summed E-state index contributed by atoms with van der Waals surface area (Å²) in [5, 5.41) is 13.4. The topological polar surface area (TPSA) is 44.8 Å². The lowest BCUT2D eigenvalue weighted by Gasteiger charge is -2.51. The number of methoxy groups -OCH3 is 1. The number of oxime groups is 1. The van der Waals surface area contributed by atoms with Crippen molar-refractivity contribution in [1.82, 2.24) is 0 Å². The molecule has 3 atom stereocenters. The summed E-state index contributed by atoms with van der Waals surface area (Å²) in [7, 11) is 3.83. The number of fused-ring (bicyclic) bond motifs is 1. The van der Waals surface area contributed by atoms with E-state index >= 15 is 0 Å². The van der Waals surface area contributed by atoms with Crippen LogP contribution in [0.25, 0.3) is 0 Å². The summed E-state index contributed by atoms with van der Waals surface area (Å²) in [4.78, 5) is 0. The van der Waals surface area contributed by atoms with Crippen LogP contribution in [0.4, 0.5) is 0 Å². The Morgan fingerprint density at radius 1 is 1.35 bits per heavy atom. The SMILES string of the molecule is COc1ccc2c(c1)[C@@]13CCCC[C@H]1[C@@H](C2)[N+](C)=CC3=NO.[Cl-]. The molecule has 2 aliphatic carbocycles. The van der Waals surface area contributed by atoms with E-state index in [0.717, 1.165) is 24.3 Å². The van der Waals surface area contributed by atoms with Crippen LogP contribution in [0, 0.1) is 5.92 Å². The normalized spacial score (nSPS) is 33.1. The first-order valence-electron chi connectivity index (χ1n) is 8.17. The van der Waals surface area contributed by atoms with Crippen molar-refractivity contribution in [3.05, 3.63) is 29.3 Å². The van der Waals surface area contributed by atoms with Gasteiger partial charge in [0.05, 0.1) is 12.5 Å². The zero-order valence-corrected chi connectivity index (χ0v) is 14.4. The minimum atomic E-state index is -0.133. The van der Waals surface area contributed by atoms with Gasteiger partial charge in [-0.2, -0.15) is 0 Å². The molecule has 124 valence electrons. The van der Waals surface area contributed by atoms with Gasteiger partial charge in [0.25, 0.3) is 0 Å². The van der Waals surface area contributed by atoms with E-state index in [1.54, 1.807) is 7.11 Å². The van der Waals surface area contributed by atoms with Gasteiger partial charge in [0.15, 0.2) is 18.0 Å². The Bertz CT molecular complexity index is 686. The van der Waals surface area contributed by atoms with E-state index in [1.807, 2.05) is 6.07 Å². The van der Waals surface area contributed by atoms with Crippen LogP contribution in [0.5, 0.6) is 5.75 Å². The van der Waals surface area contributed by atoms with Gasteiger partial charge in [0, 0.05) is 12.3 Å². The number of hydrogen-bond acceptors (Lipinski definition) is 3. The molecule has 1 N–H and O–H groups in total. The summed E-state index contributed by atoms with van der Waals surface area (Å²) in [5.74, 6) is 1.42. The molecule has 0 unspecified atom stereocenters. The smallest absolute Gasteiger partial charge is 0.189 e. The van der Waals surface area contributed by atoms with Crippen LogP contribution < -0.4 is 17.1 Å². The molecule has 3 aliphatic rings. The first-order chi connectivity index (χ1) is 10.7. The fraction of sp³-hybridized carbons (Fsp3) is 0.556. The van der Waals surface area contributed by atoms with Gasteiger partial charge in [0.1, 0.15) is 12.8 Å². The molecule has 2 bridgehead atoms. The largest absolute Gasteiger partial charge is 1.00 e. The molecular weight excluding hydrogens is 312 g/mol. The number of benzene rings is 1. The Kier molecular flexibility index (Phi) is 4.13. The highest BCUT2D eigenvalue weighted by molar-refractivity contribution is 6.33. The number of hydrogen-bond donors (Lipinski definition) is 1. The number of ether oxygens (including phenoxy) is 1. The van der Waals surface area contributed by atoms with Crippen LogP contribution in [0.3, 0.4) is 0 Å². The molecule has 5 heteroatoms. The summed E-state index contributed by atoms with van der Waals surface area (Å²) in [6.45, 7) is 0. The molecule has 0 radical (unpaired) electrons. The lowest BCUT2D eigenvalue weighted by molar-refractivity contribution is -0.548. The third-order valence-electron chi connectivity index (χ3n) is 6.07. The Balaban J connectivity index is 0.00000156. The van der Waals surface area contributed by atoms with Gasteiger partial charge < -0.3 is 22.4 Å². The number of nitrogens with zero attached hydrogens (tertiary/aromatic N) is 2. The maximum atomic E-state index is 9.71. The molecule has 4 nitrogen and oxygen atoms in total. The Labute approximate surface area is 143 Å². The van der Waals surface area contributed by atoms with Crippen molar-refractivity contribution >= 4 is 11.9 Å². The second kappa shape index (κ2) is 5.82. The summed E-state index contributed by atoms with van der Waals surface area (Å²) in [6, 6.07) is 6.93. The summed E-state index contributed by atoms with van der Waals surface area (Å²) < 4.78 is 7.72. The van der Waals surface area contributed by atoms with Crippen molar-refractivity contribution in [2.75, 3.05) is 14.2 Å². The van der Waals surface area contributed by atoms with Gasteiger partial charge in [-0.1, -0.05) is 24.1 Å². The summed E-state index contributed by atoms with van der Waals surface area (Å²) >= 11 is 0. The Morgan fingerprint density at radius 3 is 2.91 bits per heavy atom. The van der Waals surface area contributed by atoms with Crippen molar-refractivity contribution in [3.8, 4) is 5.75 Å².